The van der Waals surface area contributed by atoms with Crippen molar-refractivity contribution in [3.05, 3.63) is 66.4 Å². The van der Waals surface area contributed by atoms with Crippen LogP contribution in [0.4, 0.5) is 5.69 Å². The van der Waals surface area contributed by atoms with Gasteiger partial charge in [0.2, 0.25) is 5.69 Å². The van der Waals surface area contributed by atoms with E-state index in [1.807, 2.05) is 36.5 Å². The molecule has 3 heteroatoms. The summed E-state index contributed by atoms with van der Waals surface area (Å²) in [7, 11) is 0. The van der Waals surface area contributed by atoms with Crippen LogP contribution in [0.3, 0.4) is 0 Å². The molecule has 0 unspecified atom stereocenters. The van der Waals surface area contributed by atoms with Gasteiger partial charge in [-0.2, -0.15) is 4.58 Å². The topological polar surface area (TPSA) is 25.1 Å². The maximum atomic E-state index is 5.81. The van der Waals surface area contributed by atoms with Crippen LogP contribution in [0.15, 0.2) is 60.8 Å². The van der Waals surface area contributed by atoms with Crippen molar-refractivity contribution in [3.8, 4) is 5.75 Å². The molecule has 20 heavy (non-hydrogen) atoms. The summed E-state index contributed by atoms with van der Waals surface area (Å²) in [5.74, 6) is 0.928. The number of hydrogen-bond donors (Lipinski definition) is 0. The molecular weight excluding hydrogens is 248 g/mol. The molecule has 1 aliphatic rings. The monoisotopic (exact) mass is 261 g/mol. The van der Waals surface area contributed by atoms with Crippen molar-refractivity contribution >= 4 is 22.8 Å². The third-order valence-corrected chi connectivity index (χ3v) is 3.49. The molecule has 0 radical (unpaired) electrons. The summed E-state index contributed by atoms with van der Waals surface area (Å²) in [6.45, 7) is 0.507. The summed E-state index contributed by atoms with van der Waals surface area (Å²) < 4.78 is 7.90. The quantitative estimate of drug-likeness (QED) is 0.628. The number of nitrogens with zero attached hydrogens (tertiary/aromatic N) is 2. The van der Waals surface area contributed by atoms with Crippen molar-refractivity contribution in [2.24, 2.45) is 0 Å². The standard InChI is InChI=1S/C17H13N2O/c1-2-9-16-14(5-1)11-19(12-20-16)15-8-3-6-13-7-4-10-18-17(13)15/h1-11H,12H2/q+1. The fraction of sp³-hybridized carbons (Fsp3) is 0.0588. The van der Waals surface area contributed by atoms with Crippen molar-refractivity contribution in [2.75, 3.05) is 6.73 Å². The number of fused-ring (bicyclic) bond motifs is 2. The van der Waals surface area contributed by atoms with Crippen LogP contribution in [-0.2, 0) is 0 Å². The van der Waals surface area contributed by atoms with Crippen LogP contribution in [0, 0.1) is 0 Å². The summed E-state index contributed by atoms with van der Waals surface area (Å²) >= 11 is 0. The van der Waals surface area contributed by atoms with Crippen LogP contribution in [0.5, 0.6) is 5.75 Å². The summed E-state index contributed by atoms with van der Waals surface area (Å²) in [4.78, 5) is 4.50. The zero-order chi connectivity index (χ0) is 13.4. The van der Waals surface area contributed by atoms with E-state index >= 15 is 0 Å². The number of rotatable bonds is 1. The molecule has 0 bridgehead atoms. The third-order valence-electron chi connectivity index (χ3n) is 3.49. The van der Waals surface area contributed by atoms with Gasteiger partial charge >= 0.3 is 0 Å². The highest BCUT2D eigenvalue weighted by atomic mass is 16.5. The van der Waals surface area contributed by atoms with Gasteiger partial charge in [0.15, 0.2) is 6.21 Å². The van der Waals surface area contributed by atoms with E-state index in [1.54, 1.807) is 0 Å². The first-order valence-electron chi connectivity index (χ1n) is 6.59. The lowest BCUT2D eigenvalue weighted by Gasteiger charge is -2.13. The Kier molecular flexibility index (Phi) is 2.49. The minimum atomic E-state index is 0.507. The highest BCUT2D eigenvalue weighted by Gasteiger charge is 2.20. The molecule has 0 fully saturated rings. The molecule has 1 aromatic heterocycles. The molecule has 0 spiro atoms. The highest BCUT2D eigenvalue weighted by molar-refractivity contribution is 5.89. The molecule has 2 heterocycles. The molecule has 0 N–H and O–H groups in total. The molecular formula is C17H13N2O+. The Balaban J connectivity index is 1.91. The Morgan fingerprint density at radius 2 is 1.85 bits per heavy atom. The van der Waals surface area contributed by atoms with Gasteiger partial charge in [0.25, 0.3) is 6.73 Å². The fourth-order valence-electron chi connectivity index (χ4n) is 2.52. The molecule has 2 aromatic carbocycles. The summed E-state index contributed by atoms with van der Waals surface area (Å²) in [5.41, 5.74) is 3.15. The number of benzene rings is 2. The third kappa shape index (κ3) is 1.75. The predicted molar refractivity (Wildman–Crippen MR) is 78.8 cm³/mol. The van der Waals surface area contributed by atoms with Gasteiger partial charge < -0.3 is 4.74 Å². The van der Waals surface area contributed by atoms with Crippen molar-refractivity contribution < 1.29 is 9.31 Å². The molecule has 96 valence electrons. The zero-order valence-corrected chi connectivity index (χ0v) is 10.9. The van der Waals surface area contributed by atoms with Gasteiger partial charge in [0.05, 0.1) is 5.56 Å². The van der Waals surface area contributed by atoms with Gasteiger partial charge in [0, 0.05) is 17.6 Å². The van der Waals surface area contributed by atoms with Gasteiger partial charge in [-0.3, -0.25) is 0 Å². The first-order chi connectivity index (χ1) is 9.92. The van der Waals surface area contributed by atoms with Crippen LogP contribution in [0.2, 0.25) is 0 Å². The Morgan fingerprint density at radius 1 is 0.950 bits per heavy atom. The Hall–Kier alpha value is -2.68. The summed E-state index contributed by atoms with van der Waals surface area (Å²) in [6, 6.07) is 18.3. The van der Waals surface area contributed by atoms with Gasteiger partial charge in [-0.1, -0.05) is 30.3 Å². The van der Waals surface area contributed by atoms with Crippen molar-refractivity contribution in [3.63, 3.8) is 0 Å². The molecule has 0 saturated carbocycles. The molecule has 3 aromatic rings. The lowest BCUT2D eigenvalue weighted by atomic mass is 10.1. The normalized spacial score (nSPS) is 13.5. The van der Waals surface area contributed by atoms with Crippen LogP contribution in [-0.4, -0.2) is 22.5 Å². The summed E-state index contributed by atoms with van der Waals surface area (Å²) in [6.07, 6.45) is 3.94. The second kappa shape index (κ2) is 4.46. The number of para-hydroxylation sites is 2. The lowest BCUT2D eigenvalue weighted by Crippen LogP contribution is -2.20. The second-order valence-electron chi connectivity index (χ2n) is 4.76. The van der Waals surface area contributed by atoms with E-state index in [0.717, 1.165) is 27.9 Å². The number of ether oxygens (including phenoxy) is 1. The molecule has 4 rings (SSSR count). The van der Waals surface area contributed by atoms with Crippen LogP contribution in [0.25, 0.3) is 10.9 Å². The minimum Gasteiger partial charge on any atom is -0.435 e. The molecule has 0 aliphatic carbocycles. The number of aromatic nitrogens is 1. The Morgan fingerprint density at radius 3 is 2.85 bits per heavy atom. The minimum absolute atomic E-state index is 0.507. The Labute approximate surface area is 116 Å². The largest absolute Gasteiger partial charge is 0.435 e. The van der Waals surface area contributed by atoms with Crippen molar-refractivity contribution in [1.82, 2.24) is 4.98 Å². The lowest BCUT2D eigenvalue weighted by molar-refractivity contribution is -0.474. The van der Waals surface area contributed by atoms with E-state index in [1.165, 1.54) is 0 Å². The van der Waals surface area contributed by atoms with Crippen LogP contribution >= 0.6 is 0 Å². The van der Waals surface area contributed by atoms with Crippen LogP contribution < -0.4 is 4.74 Å². The first kappa shape index (κ1) is 11.2. The summed E-state index contributed by atoms with van der Waals surface area (Å²) in [5, 5.41) is 1.14. The number of pyridine rings is 1. The fourth-order valence-corrected chi connectivity index (χ4v) is 2.52. The zero-order valence-electron chi connectivity index (χ0n) is 10.9. The van der Waals surface area contributed by atoms with E-state index in [-0.39, 0.29) is 0 Å². The van der Waals surface area contributed by atoms with Crippen LogP contribution in [0.1, 0.15) is 5.56 Å². The van der Waals surface area contributed by atoms with Crippen molar-refractivity contribution in [1.29, 1.82) is 0 Å². The number of hydrogen-bond acceptors (Lipinski definition) is 2. The molecule has 1 aliphatic heterocycles. The second-order valence-corrected chi connectivity index (χ2v) is 4.76. The van der Waals surface area contributed by atoms with E-state index in [4.69, 9.17) is 4.74 Å². The molecule has 0 atom stereocenters. The average Bonchev–Trinajstić information content (AvgIpc) is 2.54. The molecule has 0 saturated heterocycles. The van der Waals surface area contributed by atoms with Gasteiger partial charge in [-0.05, 0) is 18.2 Å². The average molecular weight is 261 g/mol. The molecule has 3 nitrogen and oxygen atoms in total. The van der Waals surface area contributed by atoms with E-state index < -0.39 is 0 Å². The highest BCUT2D eigenvalue weighted by Crippen LogP contribution is 2.26. The molecule has 0 amide bonds. The first-order valence-corrected chi connectivity index (χ1v) is 6.59. The Bertz CT molecular complexity index is 819. The predicted octanol–water partition coefficient (Wildman–Crippen LogP) is 3.35. The maximum Gasteiger partial charge on any atom is 0.292 e. The van der Waals surface area contributed by atoms with E-state index in [2.05, 4.69) is 40.0 Å². The SMILES string of the molecule is C1=[N+](c2cccc3cccnc23)COc2ccccc21. The van der Waals surface area contributed by atoms with Gasteiger partial charge in [0.1, 0.15) is 11.3 Å². The smallest absolute Gasteiger partial charge is 0.292 e. The maximum absolute atomic E-state index is 5.81. The van der Waals surface area contributed by atoms with Crippen molar-refractivity contribution in [2.45, 2.75) is 0 Å². The van der Waals surface area contributed by atoms with E-state index in [0.29, 0.717) is 6.73 Å². The van der Waals surface area contributed by atoms with Gasteiger partial charge in [-0.25, -0.2) is 4.98 Å². The van der Waals surface area contributed by atoms with E-state index in [9.17, 15) is 0 Å². The van der Waals surface area contributed by atoms with Gasteiger partial charge in [-0.15, -0.1) is 0 Å².